The minimum Gasteiger partial charge on any atom is -0.434 e. The van der Waals surface area contributed by atoms with E-state index in [1.165, 1.54) is 17.4 Å². The van der Waals surface area contributed by atoms with Gasteiger partial charge in [0.15, 0.2) is 5.96 Å². The first-order valence-corrected chi connectivity index (χ1v) is 9.62. The molecule has 1 aromatic heterocycles. The molecule has 0 radical (unpaired) electrons. The molecule has 0 atom stereocenters. The van der Waals surface area contributed by atoms with E-state index < -0.39 is 6.61 Å². The van der Waals surface area contributed by atoms with Crippen LogP contribution in [0.5, 0.6) is 5.75 Å². The Bertz CT molecular complexity index is 804. The zero-order valence-corrected chi connectivity index (χ0v) is 19.2. The molecule has 2 rings (SSSR count). The summed E-state index contributed by atoms with van der Waals surface area (Å²) in [4.78, 5) is 21.1. The summed E-state index contributed by atoms with van der Waals surface area (Å²) in [6, 6.07) is 6.53. The van der Waals surface area contributed by atoms with Gasteiger partial charge in [0, 0.05) is 25.2 Å². The highest BCUT2D eigenvalue weighted by molar-refractivity contribution is 14.0. The molecule has 0 saturated carbocycles. The number of para-hydroxylation sites is 1. The van der Waals surface area contributed by atoms with Crippen molar-refractivity contribution in [2.45, 2.75) is 27.0 Å². The van der Waals surface area contributed by atoms with E-state index in [2.05, 4.69) is 30.7 Å². The Morgan fingerprint density at radius 1 is 1.24 bits per heavy atom. The summed E-state index contributed by atoms with van der Waals surface area (Å²) in [5.41, 5.74) is 2.89. The van der Waals surface area contributed by atoms with E-state index in [4.69, 9.17) is 0 Å². The van der Waals surface area contributed by atoms with Crippen LogP contribution in [0.3, 0.4) is 0 Å². The lowest BCUT2D eigenvalue weighted by Crippen LogP contribution is -2.41. The molecule has 0 aliphatic carbocycles. The van der Waals surface area contributed by atoms with Gasteiger partial charge in [-0.3, -0.25) is 4.79 Å². The van der Waals surface area contributed by atoms with E-state index in [0.29, 0.717) is 41.7 Å². The van der Waals surface area contributed by atoms with Gasteiger partial charge >= 0.3 is 6.61 Å². The van der Waals surface area contributed by atoms with Crippen LogP contribution >= 0.6 is 35.3 Å². The lowest BCUT2D eigenvalue weighted by atomic mass is 10.2. The molecular formula is C18H24F2IN5O2S. The second-order valence-electron chi connectivity index (χ2n) is 5.63. The van der Waals surface area contributed by atoms with Crippen molar-refractivity contribution in [2.75, 3.05) is 19.6 Å². The number of benzene rings is 1. The number of amides is 1. The third kappa shape index (κ3) is 8.48. The lowest BCUT2D eigenvalue weighted by Gasteiger charge is -2.13. The molecule has 0 bridgehead atoms. The standard InChI is InChI=1S/C18H23F2N5O2S.HI/c1-3-21-18(23-9-8-22-16(26)15-12(2)25-11-28-15)24-10-13-6-4-5-7-14(13)27-17(19)20;/h4-7,11,17H,3,8-10H2,1-2H3,(H,22,26)(H2,21,23,24);1H. The third-order valence-electron chi connectivity index (χ3n) is 3.60. The number of aryl methyl sites for hydroxylation is 1. The number of carbonyl (C=O) groups is 1. The van der Waals surface area contributed by atoms with Crippen LogP contribution in [0.25, 0.3) is 0 Å². The molecule has 1 heterocycles. The van der Waals surface area contributed by atoms with Crippen LogP contribution in [0.2, 0.25) is 0 Å². The van der Waals surface area contributed by atoms with Crippen molar-refractivity contribution < 1.29 is 18.3 Å². The highest BCUT2D eigenvalue weighted by Crippen LogP contribution is 2.20. The molecule has 7 nitrogen and oxygen atoms in total. The third-order valence-corrected chi connectivity index (χ3v) is 4.52. The molecule has 0 spiro atoms. The molecule has 160 valence electrons. The summed E-state index contributed by atoms with van der Waals surface area (Å²) in [6.45, 7) is 2.46. The predicted octanol–water partition coefficient (Wildman–Crippen LogP) is 3.16. The first kappa shape index (κ1) is 25.0. The average molecular weight is 539 g/mol. The Morgan fingerprint density at radius 2 is 1.97 bits per heavy atom. The number of rotatable bonds is 9. The SMILES string of the molecule is CCNC(=NCc1ccccc1OC(F)F)NCCNC(=O)c1scnc1C.I. The van der Waals surface area contributed by atoms with E-state index in [-0.39, 0.29) is 42.2 Å². The predicted molar refractivity (Wildman–Crippen MR) is 120 cm³/mol. The van der Waals surface area contributed by atoms with Crippen molar-refractivity contribution >= 4 is 47.2 Å². The molecule has 3 N–H and O–H groups in total. The van der Waals surface area contributed by atoms with E-state index in [1.807, 2.05) is 6.92 Å². The molecule has 29 heavy (non-hydrogen) atoms. The van der Waals surface area contributed by atoms with Crippen LogP contribution in [-0.4, -0.2) is 43.1 Å². The molecule has 0 aliphatic heterocycles. The van der Waals surface area contributed by atoms with Gasteiger partial charge in [0.2, 0.25) is 0 Å². The Morgan fingerprint density at radius 3 is 2.62 bits per heavy atom. The van der Waals surface area contributed by atoms with Crippen molar-refractivity contribution in [2.24, 2.45) is 4.99 Å². The summed E-state index contributed by atoms with van der Waals surface area (Å²) >= 11 is 1.30. The van der Waals surface area contributed by atoms with Gasteiger partial charge in [-0.2, -0.15) is 8.78 Å². The van der Waals surface area contributed by atoms with Gasteiger partial charge in [-0.25, -0.2) is 9.98 Å². The number of aliphatic imine (C=N–C) groups is 1. The Balaban J connectivity index is 0.00000420. The van der Waals surface area contributed by atoms with E-state index in [9.17, 15) is 13.6 Å². The minimum absolute atomic E-state index is 0. The second-order valence-corrected chi connectivity index (χ2v) is 6.49. The van der Waals surface area contributed by atoms with Crippen molar-refractivity contribution in [3.63, 3.8) is 0 Å². The molecule has 1 aromatic carbocycles. The number of aromatic nitrogens is 1. The highest BCUT2D eigenvalue weighted by atomic mass is 127. The van der Waals surface area contributed by atoms with E-state index in [1.54, 1.807) is 30.6 Å². The quantitative estimate of drug-likeness (QED) is 0.197. The number of hydrogen-bond acceptors (Lipinski definition) is 5. The molecule has 0 unspecified atom stereocenters. The number of hydrogen-bond donors (Lipinski definition) is 3. The summed E-state index contributed by atoms with van der Waals surface area (Å²) in [7, 11) is 0. The van der Waals surface area contributed by atoms with Crippen LogP contribution in [0, 0.1) is 6.92 Å². The molecule has 1 amide bonds. The van der Waals surface area contributed by atoms with E-state index in [0.717, 1.165) is 0 Å². The van der Waals surface area contributed by atoms with Gasteiger partial charge in [0.25, 0.3) is 5.91 Å². The average Bonchev–Trinajstić information content (AvgIpc) is 3.09. The molecule has 0 aliphatic rings. The van der Waals surface area contributed by atoms with Gasteiger partial charge in [0.1, 0.15) is 10.6 Å². The van der Waals surface area contributed by atoms with Crippen molar-refractivity contribution in [1.82, 2.24) is 20.9 Å². The minimum atomic E-state index is -2.89. The van der Waals surface area contributed by atoms with Crippen LogP contribution in [-0.2, 0) is 6.54 Å². The van der Waals surface area contributed by atoms with Gasteiger partial charge < -0.3 is 20.7 Å². The van der Waals surface area contributed by atoms with Gasteiger partial charge in [-0.15, -0.1) is 35.3 Å². The number of ether oxygens (including phenoxy) is 1. The maximum atomic E-state index is 12.5. The topological polar surface area (TPSA) is 87.6 Å². The summed E-state index contributed by atoms with van der Waals surface area (Å²) in [5.74, 6) is 0.448. The molecular weight excluding hydrogens is 515 g/mol. The normalized spacial score (nSPS) is 11.0. The molecule has 11 heteroatoms. The fraction of sp³-hybridized carbons (Fsp3) is 0.389. The number of halogens is 3. The van der Waals surface area contributed by atoms with Crippen LogP contribution < -0.4 is 20.7 Å². The maximum Gasteiger partial charge on any atom is 0.387 e. The molecule has 2 aromatic rings. The number of guanidine groups is 1. The Hall–Kier alpha value is -2.02. The number of nitrogens with one attached hydrogen (secondary N) is 3. The van der Waals surface area contributed by atoms with Gasteiger partial charge in [-0.1, -0.05) is 18.2 Å². The number of thiazole rings is 1. The molecule has 0 saturated heterocycles. The van der Waals surface area contributed by atoms with E-state index >= 15 is 0 Å². The van der Waals surface area contributed by atoms with Crippen molar-refractivity contribution in [1.29, 1.82) is 0 Å². The first-order valence-electron chi connectivity index (χ1n) is 8.74. The zero-order chi connectivity index (χ0) is 20.4. The number of carbonyl (C=O) groups excluding carboxylic acids is 1. The Labute approximate surface area is 189 Å². The smallest absolute Gasteiger partial charge is 0.387 e. The van der Waals surface area contributed by atoms with Crippen molar-refractivity contribution in [3.8, 4) is 5.75 Å². The fourth-order valence-corrected chi connectivity index (χ4v) is 3.03. The van der Waals surface area contributed by atoms with Crippen LogP contribution in [0.4, 0.5) is 8.78 Å². The number of alkyl halides is 2. The second kappa shape index (κ2) is 13.2. The number of nitrogens with zero attached hydrogens (tertiary/aromatic N) is 2. The van der Waals surface area contributed by atoms with Crippen molar-refractivity contribution in [3.05, 3.63) is 45.9 Å². The summed E-state index contributed by atoms with van der Waals surface area (Å²) in [5, 5.41) is 8.97. The monoisotopic (exact) mass is 539 g/mol. The fourth-order valence-electron chi connectivity index (χ4n) is 2.31. The highest BCUT2D eigenvalue weighted by Gasteiger charge is 2.11. The van der Waals surface area contributed by atoms with Crippen LogP contribution in [0.15, 0.2) is 34.8 Å². The maximum absolute atomic E-state index is 12.5. The zero-order valence-electron chi connectivity index (χ0n) is 16.1. The Kier molecular flexibility index (Phi) is 11.4. The van der Waals surface area contributed by atoms with Gasteiger partial charge in [0.05, 0.1) is 17.7 Å². The molecule has 0 fully saturated rings. The summed E-state index contributed by atoms with van der Waals surface area (Å²) < 4.78 is 29.5. The largest absolute Gasteiger partial charge is 0.434 e. The first-order chi connectivity index (χ1) is 13.5. The summed E-state index contributed by atoms with van der Waals surface area (Å²) in [6.07, 6.45) is 0. The van der Waals surface area contributed by atoms with Crippen LogP contribution in [0.1, 0.15) is 27.9 Å². The van der Waals surface area contributed by atoms with Gasteiger partial charge in [-0.05, 0) is 19.9 Å². The lowest BCUT2D eigenvalue weighted by molar-refractivity contribution is -0.0504.